The van der Waals surface area contributed by atoms with Crippen molar-refractivity contribution in [3.8, 4) is 5.75 Å². The van der Waals surface area contributed by atoms with E-state index in [0.29, 0.717) is 27.7 Å². The van der Waals surface area contributed by atoms with Gasteiger partial charge in [0.25, 0.3) is 5.91 Å². The molecule has 1 heterocycles. The van der Waals surface area contributed by atoms with Gasteiger partial charge in [-0.1, -0.05) is 11.6 Å². The first-order valence-electron chi connectivity index (χ1n) is 5.92. The van der Waals surface area contributed by atoms with Crippen molar-refractivity contribution in [1.82, 2.24) is 4.98 Å². The summed E-state index contributed by atoms with van der Waals surface area (Å²) >= 11 is 6.02. The first-order chi connectivity index (χ1) is 9.65. The number of ether oxygens (including phenoxy) is 1. The smallest absolute Gasteiger partial charge is 0.257 e. The van der Waals surface area contributed by atoms with E-state index in [-0.39, 0.29) is 5.91 Å². The molecule has 0 fully saturated rings. The molecule has 5 nitrogen and oxygen atoms in total. The van der Waals surface area contributed by atoms with Gasteiger partial charge in [-0.15, -0.1) is 0 Å². The van der Waals surface area contributed by atoms with Crippen LogP contribution in [0.2, 0.25) is 5.02 Å². The fraction of sp³-hybridized carbons (Fsp3) is 0.143. The highest BCUT2D eigenvalue weighted by Crippen LogP contribution is 2.27. The SMILES string of the molecule is CNc1cnccc1C(=O)Nc1ccc(OC)c(Cl)c1. The van der Waals surface area contributed by atoms with Crippen molar-refractivity contribution >= 4 is 28.9 Å². The minimum atomic E-state index is -0.238. The Labute approximate surface area is 121 Å². The van der Waals surface area contributed by atoms with Gasteiger partial charge in [0, 0.05) is 18.9 Å². The average molecular weight is 292 g/mol. The van der Waals surface area contributed by atoms with Gasteiger partial charge in [0.05, 0.1) is 29.6 Å². The average Bonchev–Trinajstić information content (AvgIpc) is 2.47. The number of hydrogen-bond acceptors (Lipinski definition) is 4. The zero-order valence-electron chi connectivity index (χ0n) is 11.1. The molecule has 104 valence electrons. The summed E-state index contributed by atoms with van der Waals surface area (Å²) in [4.78, 5) is 16.2. The van der Waals surface area contributed by atoms with Crippen LogP contribution >= 0.6 is 11.6 Å². The van der Waals surface area contributed by atoms with Crippen molar-refractivity contribution in [2.75, 3.05) is 24.8 Å². The lowest BCUT2D eigenvalue weighted by Crippen LogP contribution is -2.14. The third-order valence-corrected chi connectivity index (χ3v) is 3.04. The number of pyridine rings is 1. The Morgan fingerprint density at radius 2 is 2.15 bits per heavy atom. The zero-order valence-corrected chi connectivity index (χ0v) is 11.9. The normalized spacial score (nSPS) is 9.95. The van der Waals surface area contributed by atoms with Gasteiger partial charge in [-0.25, -0.2) is 0 Å². The molecule has 0 aliphatic carbocycles. The molecule has 20 heavy (non-hydrogen) atoms. The Bertz CT molecular complexity index is 632. The standard InChI is InChI=1S/C14H14ClN3O2/c1-16-12-8-17-6-5-10(12)14(19)18-9-3-4-13(20-2)11(15)7-9/h3-8,16H,1-2H3,(H,18,19). The summed E-state index contributed by atoms with van der Waals surface area (Å²) in [5.74, 6) is 0.322. The Kier molecular flexibility index (Phi) is 4.42. The lowest BCUT2D eigenvalue weighted by atomic mass is 10.2. The second kappa shape index (κ2) is 6.25. The van der Waals surface area contributed by atoms with Gasteiger partial charge in [-0.2, -0.15) is 0 Å². The number of methoxy groups -OCH3 is 1. The molecular formula is C14H14ClN3O2. The van der Waals surface area contributed by atoms with E-state index in [1.54, 1.807) is 43.7 Å². The van der Waals surface area contributed by atoms with E-state index < -0.39 is 0 Å². The summed E-state index contributed by atoms with van der Waals surface area (Å²) in [6, 6.07) is 6.71. The van der Waals surface area contributed by atoms with E-state index in [1.165, 1.54) is 7.11 Å². The van der Waals surface area contributed by atoms with Crippen molar-refractivity contribution < 1.29 is 9.53 Å². The van der Waals surface area contributed by atoms with E-state index >= 15 is 0 Å². The number of hydrogen-bond donors (Lipinski definition) is 2. The zero-order chi connectivity index (χ0) is 14.5. The number of amides is 1. The van der Waals surface area contributed by atoms with Crippen LogP contribution in [0.1, 0.15) is 10.4 Å². The highest BCUT2D eigenvalue weighted by Gasteiger charge is 2.11. The van der Waals surface area contributed by atoms with Gasteiger partial charge in [0.2, 0.25) is 0 Å². The molecule has 0 radical (unpaired) electrons. The molecule has 0 spiro atoms. The van der Waals surface area contributed by atoms with Crippen LogP contribution < -0.4 is 15.4 Å². The summed E-state index contributed by atoms with van der Waals surface area (Å²) in [5.41, 5.74) is 1.76. The topological polar surface area (TPSA) is 63.2 Å². The highest BCUT2D eigenvalue weighted by molar-refractivity contribution is 6.32. The van der Waals surface area contributed by atoms with Crippen LogP contribution in [0.5, 0.6) is 5.75 Å². The molecule has 0 saturated carbocycles. The Hall–Kier alpha value is -2.27. The fourth-order valence-electron chi connectivity index (χ4n) is 1.73. The minimum absolute atomic E-state index is 0.238. The summed E-state index contributed by atoms with van der Waals surface area (Å²) < 4.78 is 5.06. The van der Waals surface area contributed by atoms with Gasteiger partial charge in [0.15, 0.2) is 0 Å². The maximum Gasteiger partial charge on any atom is 0.257 e. The van der Waals surface area contributed by atoms with Gasteiger partial charge in [0.1, 0.15) is 5.75 Å². The van der Waals surface area contributed by atoms with Crippen molar-refractivity contribution in [3.63, 3.8) is 0 Å². The number of rotatable bonds is 4. The predicted octanol–water partition coefficient (Wildman–Crippen LogP) is 3.04. The number of aromatic nitrogens is 1. The molecule has 2 N–H and O–H groups in total. The second-order valence-corrected chi connectivity index (χ2v) is 4.38. The van der Waals surface area contributed by atoms with Gasteiger partial charge in [-0.05, 0) is 24.3 Å². The van der Waals surface area contributed by atoms with E-state index in [2.05, 4.69) is 15.6 Å². The first-order valence-corrected chi connectivity index (χ1v) is 6.30. The number of nitrogens with zero attached hydrogens (tertiary/aromatic N) is 1. The molecule has 1 aromatic heterocycles. The molecule has 0 bridgehead atoms. The van der Waals surface area contributed by atoms with E-state index in [9.17, 15) is 4.79 Å². The predicted molar refractivity (Wildman–Crippen MR) is 79.7 cm³/mol. The Balaban J connectivity index is 2.21. The van der Waals surface area contributed by atoms with Crippen LogP contribution in [0.15, 0.2) is 36.7 Å². The second-order valence-electron chi connectivity index (χ2n) is 3.97. The number of benzene rings is 1. The molecule has 0 unspecified atom stereocenters. The van der Waals surface area contributed by atoms with E-state index in [1.807, 2.05) is 0 Å². The quantitative estimate of drug-likeness (QED) is 0.909. The molecule has 1 amide bonds. The summed E-state index contributed by atoms with van der Waals surface area (Å²) in [5, 5.41) is 6.14. The number of anilines is 2. The van der Waals surface area contributed by atoms with Crippen LogP contribution in [-0.2, 0) is 0 Å². The Morgan fingerprint density at radius 1 is 1.35 bits per heavy atom. The van der Waals surface area contributed by atoms with Crippen LogP contribution in [0.4, 0.5) is 11.4 Å². The largest absolute Gasteiger partial charge is 0.495 e. The number of halogens is 1. The van der Waals surface area contributed by atoms with Crippen molar-refractivity contribution in [1.29, 1.82) is 0 Å². The molecule has 0 aliphatic rings. The maximum atomic E-state index is 12.2. The van der Waals surface area contributed by atoms with Crippen molar-refractivity contribution in [2.24, 2.45) is 0 Å². The van der Waals surface area contributed by atoms with Crippen LogP contribution in [0, 0.1) is 0 Å². The van der Waals surface area contributed by atoms with Crippen molar-refractivity contribution in [2.45, 2.75) is 0 Å². The third kappa shape index (κ3) is 3.00. The number of carbonyl (C=O) groups excluding carboxylic acids is 1. The lowest BCUT2D eigenvalue weighted by molar-refractivity contribution is 0.102. The molecule has 2 aromatic rings. The monoisotopic (exact) mass is 291 g/mol. The molecular weight excluding hydrogens is 278 g/mol. The van der Waals surface area contributed by atoms with Crippen LogP contribution in [-0.4, -0.2) is 25.0 Å². The van der Waals surface area contributed by atoms with Gasteiger partial charge < -0.3 is 15.4 Å². The lowest BCUT2D eigenvalue weighted by Gasteiger charge is -2.10. The molecule has 1 aromatic carbocycles. The minimum Gasteiger partial charge on any atom is -0.495 e. The summed E-state index contributed by atoms with van der Waals surface area (Å²) in [6.45, 7) is 0. The third-order valence-electron chi connectivity index (χ3n) is 2.74. The molecule has 0 saturated heterocycles. The molecule has 0 aliphatic heterocycles. The van der Waals surface area contributed by atoms with Crippen LogP contribution in [0.25, 0.3) is 0 Å². The number of carbonyl (C=O) groups is 1. The summed E-state index contributed by atoms with van der Waals surface area (Å²) in [7, 11) is 3.27. The van der Waals surface area contributed by atoms with Crippen LogP contribution in [0.3, 0.4) is 0 Å². The van der Waals surface area contributed by atoms with E-state index in [0.717, 1.165) is 0 Å². The highest BCUT2D eigenvalue weighted by atomic mass is 35.5. The molecule has 6 heteroatoms. The first kappa shape index (κ1) is 14.1. The van der Waals surface area contributed by atoms with Gasteiger partial charge >= 0.3 is 0 Å². The summed E-state index contributed by atoms with van der Waals surface area (Å²) in [6.07, 6.45) is 3.16. The Morgan fingerprint density at radius 3 is 2.80 bits per heavy atom. The molecule has 0 atom stereocenters. The maximum absolute atomic E-state index is 12.2. The van der Waals surface area contributed by atoms with Gasteiger partial charge in [-0.3, -0.25) is 9.78 Å². The molecule has 2 rings (SSSR count). The van der Waals surface area contributed by atoms with E-state index in [4.69, 9.17) is 16.3 Å². The fourth-order valence-corrected chi connectivity index (χ4v) is 1.99. The number of nitrogens with one attached hydrogen (secondary N) is 2. The van der Waals surface area contributed by atoms with Crippen molar-refractivity contribution in [3.05, 3.63) is 47.2 Å².